The predicted molar refractivity (Wildman–Crippen MR) is 177 cm³/mol. The molecule has 8 heteroatoms. The van der Waals surface area contributed by atoms with Gasteiger partial charge in [-0.15, -0.1) is 4.73 Å². The van der Waals surface area contributed by atoms with E-state index >= 15 is 0 Å². The van der Waals surface area contributed by atoms with Gasteiger partial charge in [-0.25, -0.2) is 4.79 Å². The summed E-state index contributed by atoms with van der Waals surface area (Å²) in [4.78, 5) is 31.9. The average molecular weight is 619 g/mol. The highest BCUT2D eigenvalue weighted by Crippen LogP contribution is 2.32. The number of para-hydroxylation sites is 1. The van der Waals surface area contributed by atoms with Gasteiger partial charge in [0.15, 0.2) is 0 Å². The number of nitrogens with zero attached hydrogens (tertiary/aromatic N) is 1. The van der Waals surface area contributed by atoms with E-state index in [-0.39, 0.29) is 36.0 Å². The average Bonchev–Trinajstić information content (AvgIpc) is 3.48. The first-order valence-electron chi connectivity index (χ1n) is 15.8. The summed E-state index contributed by atoms with van der Waals surface area (Å²) < 4.78 is 7.04. The largest absolute Gasteiger partial charge is 0.507 e. The maximum absolute atomic E-state index is 13.2. The molecule has 0 saturated heterocycles. The summed E-state index contributed by atoms with van der Waals surface area (Å²) in [5.41, 5.74) is 6.50. The molecule has 0 unspecified atom stereocenters. The van der Waals surface area contributed by atoms with Gasteiger partial charge in [0, 0.05) is 24.0 Å². The van der Waals surface area contributed by atoms with Crippen molar-refractivity contribution in [2.45, 2.75) is 58.3 Å². The normalized spacial score (nSPS) is 13.5. The molecule has 236 valence electrons. The van der Waals surface area contributed by atoms with Crippen molar-refractivity contribution in [3.63, 3.8) is 0 Å². The molecule has 0 fully saturated rings. The number of carbonyl (C=O) groups is 1. The molecule has 0 aliphatic heterocycles. The zero-order chi connectivity index (χ0) is 32.2. The second-order valence-electron chi connectivity index (χ2n) is 11.7. The monoisotopic (exact) mass is 618 g/mol. The number of aliphatic hydroxyl groups is 1. The number of ether oxygens (including phenoxy) is 1. The molecule has 8 nitrogen and oxygen atoms in total. The number of benzene rings is 4. The zero-order valence-corrected chi connectivity index (χ0v) is 26.0. The van der Waals surface area contributed by atoms with E-state index in [1.54, 1.807) is 30.3 Å². The van der Waals surface area contributed by atoms with Gasteiger partial charge in [-0.1, -0.05) is 74.5 Å². The quantitative estimate of drug-likeness (QED) is 0.180. The van der Waals surface area contributed by atoms with Crippen molar-refractivity contribution in [3.8, 4) is 11.5 Å². The Morgan fingerprint density at radius 3 is 2.26 bits per heavy atom. The standard InChI is InChI=1S/C38H38N2O6/c1-3-25-18-27-20-29(21-28(27)19-26(25)4-2)39-22-34(42)30-14-16-35(45-23-24-10-6-5-7-11-24)37-31(30)15-17-36(43)40(37)46-38(44)32-12-8-9-13-33(32)41/h5-19,29,34,39,41-42H,3-4,20-23H2,1-2H3/t34-/m0/s1. The minimum absolute atomic E-state index is 0.0896. The smallest absolute Gasteiger partial charge is 0.367 e. The van der Waals surface area contributed by atoms with E-state index in [0.717, 1.165) is 36.0 Å². The molecule has 0 saturated carbocycles. The Bertz CT molecular complexity index is 1900. The summed E-state index contributed by atoms with van der Waals surface area (Å²) in [6.45, 7) is 4.88. The molecule has 0 radical (unpaired) electrons. The first-order chi connectivity index (χ1) is 22.4. The number of pyridine rings is 1. The van der Waals surface area contributed by atoms with Crippen LogP contribution >= 0.6 is 0 Å². The minimum Gasteiger partial charge on any atom is -0.507 e. The van der Waals surface area contributed by atoms with Gasteiger partial charge >= 0.3 is 5.97 Å². The van der Waals surface area contributed by atoms with Gasteiger partial charge in [0.25, 0.3) is 5.56 Å². The Morgan fingerprint density at radius 2 is 1.59 bits per heavy atom. The number of phenolic OH excluding ortho intramolecular Hbond substituents is 1. The number of rotatable bonds is 11. The van der Waals surface area contributed by atoms with E-state index in [9.17, 15) is 19.8 Å². The van der Waals surface area contributed by atoms with Crippen molar-refractivity contribution in [2.24, 2.45) is 0 Å². The van der Waals surface area contributed by atoms with Crippen molar-refractivity contribution in [1.82, 2.24) is 10.0 Å². The number of hydrogen-bond donors (Lipinski definition) is 3. The molecule has 1 aliphatic carbocycles. The molecule has 0 spiro atoms. The Kier molecular flexibility index (Phi) is 9.19. The van der Waals surface area contributed by atoms with Crippen molar-refractivity contribution >= 4 is 16.9 Å². The van der Waals surface area contributed by atoms with Gasteiger partial charge in [0.05, 0.1) is 6.10 Å². The van der Waals surface area contributed by atoms with E-state index in [0.29, 0.717) is 16.7 Å². The molecule has 1 atom stereocenters. The number of aliphatic hydroxyl groups excluding tert-OH is 1. The lowest BCUT2D eigenvalue weighted by Gasteiger charge is -2.20. The molecule has 1 aromatic heterocycles. The van der Waals surface area contributed by atoms with Crippen LogP contribution in [0.5, 0.6) is 11.5 Å². The lowest BCUT2D eigenvalue weighted by atomic mass is 9.97. The molecular formula is C38H38N2O6. The topological polar surface area (TPSA) is 110 Å². The van der Waals surface area contributed by atoms with Crippen LogP contribution in [0.2, 0.25) is 0 Å². The van der Waals surface area contributed by atoms with E-state index in [1.165, 1.54) is 40.5 Å². The first-order valence-corrected chi connectivity index (χ1v) is 15.8. The molecule has 46 heavy (non-hydrogen) atoms. The van der Waals surface area contributed by atoms with E-state index in [4.69, 9.17) is 9.57 Å². The molecule has 6 rings (SSSR count). The Morgan fingerprint density at radius 1 is 0.913 bits per heavy atom. The third-order valence-electron chi connectivity index (χ3n) is 8.72. The molecule has 5 aromatic rings. The fourth-order valence-corrected chi connectivity index (χ4v) is 6.30. The lowest BCUT2D eigenvalue weighted by molar-refractivity contribution is 0.0460. The number of aryl methyl sites for hydroxylation is 2. The van der Waals surface area contributed by atoms with Gasteiger partial charge < -0.3 is 25.1 Å². The van der Waals surface area contributed by atoms with Crippen LogP contribution in [0.4, 0.5) is 0 Å². The number of nitrogens with one attached hydrogen (secondary N) is 1. The van der Waals surface area contributed by atoms with Crippen molar-refractivity contribution in [3.05, 3.63) is 140 Å². The van der Waals surface area contributed by atoms with Crippen LogP contribution in [-0.4, -0.2) is 33.5 Å². The maximum atomic E-state index is 13.2. The summed E-state index contributed by atoms with van der Waals surface area (Å²) in [5, 5.41) is 25.8. The van der Waals surface area contributed by atoms with E-state index in [2.05, 4.69) is 31.3 Å². The molecular weight excluding hydrogens is 580 g/mol. The Labute approximate surface area is 267 Å². The number of fused-ring (bicyclic) bond motifs is 2. The van der Waals surface area contributed by atoms with Crippen molar-refractivity contribution in [2.75, 3.05) is 6.54 Å². The highest BCUT2D eigenvalue weighted by atomic mass is 16.7. The Balaban J connectivity index is 1.30. The molecule has 1 aliphatic rings. The SMILES string of the molecule is CCc1cc2c(cc1CC)CC(NC[C@H](O)c1ccc(OCc3ccccc3)c3c1ccc(=O)n3OC(=O)c1ccccc1O)C2. The summed E-state index contributed by atoms with van der Waals surface area (Å²) in [6, 6.07) is 26.7. The molecule has 0 bridgehead atoms. The summed E-state index contributed by atoms with van der Waals surface area (Å²) in [7, 11) is 0. The summed E-state index contributed by atoms with van der Waals surface area (Å²) in [6.07, 6.45) is 2.89. The third-order valence-corrected chi connectivity index (χ3v) is 8.72. The summed E-state index contributed by atoms with van der Waals surface area (Å²) in [5.74, 6) is -0.878. The van der Waals surface area contributed by atoms with Crippen molar-refractivity contribution in [1.29, 1.82) is 0 Å². The van der Waals surface area contributed by atoms with Gasteiger partial charge in [-0.3, -0.25) is 4.79 Å². The van der Waals surface area contributed by atoms with E-state index in [1.807, 2.05) is 30.3 Å². The lowest BCUT2D eigenvalue weighted by Crippen LogP contribution is -2.33. The van der Waals surface area contributed by atoms with Gasteiger partial charge in [-0.05, 0) is 83.3 Å². The van der Waals surface area contributed by atoms with Crippen LogP contribution in [0, 0.1) is 0 Å². The molecule has 1 heterocycles. The summed E-state index contributed by atoms with van der Waals surface area (Å²) >= 11 is 0. The Hall–Kier alpha value is -4.92. The van der Waals surface area contributed by atoms with E-state index < -0.39 is 17.6 Å². The van der Waals surface area contributed by atoms with Gasteiger partial charge in [-0.2, -0.15) is 0 Å². The number of carbonyl (C=O) groups excluding carboxylic acids is 1. The minimum atomic E-state index is -0.924. The number of phenols is 1. The van der Waals surface area contributed by atoms with Crippen LogP contribution in [0.3, 0.4) is 0 Å². The first kappa shape index (κ1) is 31.1. The second-order valence-corrected chi connectivity index (χ2v) is 11.7. The maximum Gasteiger partial charge on any atom is 0.367 e. The highest BCUT2D eigenvalue weighted by Gasteiger charge is 2.25. The van der Waals surface area contributed by atoms with Crippen LogP contribution in [0.15, 0.2) is 95.8 Å². The van der Waals surface area contributed by atoms with Crippen molar-refractivity contribution < 1.29 is 24.6 Å². The number of hydrogen-bond acceptors (Lipinski definition) is 7. The second kappa shape index (κ2) is 13.6. The zero-order valence-electron chi connectivity index (χ0n) is 26.0. The van der Waals surface area contributed by atoms with Gasteiger partial charge in [0.1, 0.15) is 29.2 Å². The fourth-order valence-electron chi connectivity index (χ4n) is 6.30. The molecule has 4 aromatic carbocycles. The third kappa shape index (κ3) is 6.40. The highest BCUT2D eigenvalue weighted by molar-refractivity contribution is 5.94. The van der Waals surface area contributed by atoms with Crippen LogP contribution < -0.4 is 20.5 Å². The number of aromatic hydroxyl groups is 1. The van der Waals surface area contributed by atoms with Crippen LogP contribution in [-0.2, 0) is 32.3 Å². The predicted octanol–water partition coefficient (Wildman–Crippen LogP) is 5.47. The van der Waals surface area contributed by atoms with Crippen LogP contribution in [0.1, 0.15) is 63.7 Å². The van der Waals surface area contributed by atoms with Gasteiger partial charge in [0.2, 0.25) is 0 Å². The number of aromatic nitrogens is 1. The molecule has 3 N–H and O–H groups in total. The fraction of sp³-hybridized carbons (Fsp3) is 0.263. The van der Waals surface area contributed by atoms with Crippen LogP contribution in [0.25, 0.3) is 10.9 Å². The molecule has 0 amide bonds.